The van der Waals surface area contributed by atoms with Crippen LogP contribution in [0.3, 0.4) is 0 Å². The van der Waals surface area contributed by atoms with Gasteiger partial charge in [0.15, 0.2) is 0 Å². The maximum Gasteiger partial charge on any atom is 0.261 e. The Morgan fingerprint density at radius 3 is 1.93 bits per heavy atom. The first kappa shape index (κ1) is 21.1. The second-order valence-corrected chi connectivity index (χ2v) is 10.4. The second kappa shape index (κ2) is 8.42. The predicted molar refractivity (Wildman–Crippen MR) is 112 cm³/mol. The maximum absolute atomic E-state index is 12.5. The topological polar surface area (TPSA) is 113 Å². The number of hydrogen-bond donors (Lipinski definition) is 2. The van der Waals surface area contributed by atoms with Crippen molar-refractivity contribution in [3.05, 3.63) is 54.1 Å². The number of nitrogens with one attached hydrogen (secondary N) is 2. The normalized spacial score (nSPS) is 14.6. The van der Waals surface area contributed by atoms with Crippen molar-refractivity contribution in [2.45, 2.75) is 24.2 Å². The van der Waals surface area contributed by atoms with Gasteiger partial charge in [-0.1, -0.05) is 12.1 Å². The van der Waals surface area contributed by atoms with E-state index in [1.54, 1.807) is 24.3 Å². The number of sulfonamides is 2. The van der Waals surface area contributed by atoms with E-state index in [0.717, 1.165) is 37.8 Å². The summed E-state index contributed by atoms with van der Waals surface area (Å²) >= 11 is 0. The Kier molecular flexibility index (Phi) is 6.13. The number of likely N-dealkylation sites (tertiary alicyclic amines) is 1. The highest BCUT2D eigenvalue weighted by Crippen LogP contribution is 2.20. The molecular weight excluding hydrogens is 414 g/mol. The average Bonchev–Trinajstić information content (AvgIpc) is 3.17. The first-order valence-corrected chi connectivity index (χ1v) is 12.5. The summed E-state index contributed by atoms with van der Waals surface area (Å²) in [4.78, 5) is 14.1. The van der Waals surface area contributed by atoms with Crippen molar-refractivity contribution in [2.24, 2.45) is 0 Å². The zero-order valence-electron chi connectivity index (χ0n) is 16.0. The Balaban J connectivity index is 1.64. The van der Waals surface area contributed by atoms with E-state index in [-0.39, 0.29) is 16.5 Å². The van der Waals surface area contributed by atoms with Crippen molar-refractivity contribution in [3.8, 4) is 0 Å². The van der Waals surface area contributed by atoms with Gasteiger partial charge in [0.1, 0.15) is 0 Å². The second-order valence-electron chi connectivity index (χ2n) is 6.97. The van der Waals surface area contributed by atoms with Gasteiger partial charge in [0.05, 0.1) is 17.6 Å². The molecule has 0 radical (unpaired) electrons. The van der Waals surface area contributed by atoms with Crippen LogP contribution < -0.4 is 9.44 Å². The van der Waals surface area contributed by atoms with Crippen LogP contribution in [-0.2, 0) is 31.3 Å². The monoisotopic (exact) mass is 437 g/mol. The summed E-state index contributed by atoms with van der Waals surface area (Å²) < 4.78 is 52.3. The van der Waals surface area contributed by atoms with Crippen molar-refractivity contribution in [3.63, 3.8) is 0 Å². The molecule has 156 valence electrons. The molecule has 1 amide bonds. The summed E-state index contributed by atoms with van der Waals surface area (Å²) in [5.74, 6) is 0.0821. The molecule has 1 heterocycles. The lowest BCUT2D eigenvalue weighted by atomic mass is 10.1. The number of nitrogens with zero attached hydrogens (tertiary/aromatic N) is 1. The molecule has 0 aliphatic carbocycles. The summed E-state index contributed by atoms with van der Waals surface area (Å²) in [6.07, 6.45) is 3.39. The molecule has 2 aromatic carbocycles. The van der Waals surface area contributed by atoms with E-state index in [1.807, 2.05) is 4.90 Å². The molecule has 0 atom stereocenters. The van der Waals surface area contributed by atoms with Crippen LogP contribution in [0.5, 0.6) is 0 Å². The first-order chi connectivity index (χ1) is 13.6. The molecule has 10 heteroatoms. The number of benzene rings is 2. The lowest BCUT2D eigenvalue weighted by Crippen LogP contribution is -2.29. The Morgan fingerprint density at radius 1 is 0.862 bits per heavy atom. The Morgan fingerprint density at radius 2 is 1.38 bits per heavy atom. The van der Waals surface area contributed by atoms with Crippen molar-refractivity contribution in [1.82, 2.24) is 4.90 Å². The summed E-state index contributed by atoms with van der Waals surface area (Å²) in [5, 5.41) is 0. The molecule has 1 aliphatic rings. The van der Waals surface area contributed by atoms with E-state index < -0.39 is 20.0 Å². The van der Waals surface area contributed by atoms with Crippen LogP contribution >= 0.6 is 0 Å². The molecule has 0 aromatic heterocycles. The lowest BCUT2D eigenvalue weighted by Gasteiger charge is -2.15. The molecule has 0 saturated carbocycles. The summed E-state index contributed by atoms with van der Waals surface area (Å²) in [6, 6.07) is 12.1. The van der Waals surface area contributed by atoms with Gasteiger partial charge >= 0.3 is 0 Å². The molecule has 0 unspecified atom stereocenters. The fourth-order valence-electron chi connectivity index (χ4n) is 3.07. The minimum absolute atomic E-state index is 0.00448. The number of carbonyl (C=O) groups is 1. The first-order valence-electron chi connectivity index (χ1n) is 9.10. The molecule has 29 heavy (non-hydrogen) atoms. The highest BCUT2D eigenvalue weighted by atomic mass is 32.2. The van der Waals surface area contributed by atoms with Gasteiger partial charge in [-0.15, -0.1) is 0 Å². The number of carbonyl (C=O) groups excluding carboxylic acids is 1. The fourth-order valence-corrected chi connectivity index (χ4v) is 4.70. The third-order valence-electron chi connectivity index (χ3n) is 4.49. The van der Waals surface area contributed by atoms with Crippen LogP contribution in [-0.4, -0.2) is 47.0 Å². The smallest absolute Gasteiger partial charge is 0.261 e. The van der Waals surface area contributed by atoms with E-state index in [4.69, 9.17) is 0 Å². The molecule has 2 N–H and O–H groups in total. The molecule has 2 aromatic rings. The quantitative estimate of drug-likeness (QED) is 0.688. The van der Waals surface area contributed by atoms with E-state index >= 15 is 0 Å². The van der Waals surface area contributed by atoms with Crippen molar-refractivity contribution in [2.75, 3.05) is 28.8 Å². The Bertz CT molecular complexity index is 1070. The molecule has 0 bridgehead atoms. The van der Waals surface area contributed by atoms with Crippen molar-refractivity contribution < 1.29 is 21.6 Å². The molecule has 0 spiro atoms. The van der Waals surface area contributed by atoms with E-state index in [9.17, 15) is 21.6 Å². The summed E-state index contributed by atoms with van der Waals surface area (Å²) in [6.45, 7) is 1.60. The molecular formula is C19H23N3O5S2. The van der Waals surface area contributed by atoms with Gasteiger partial charge in [0.25, 0.3) is 10.0 Å². The van der Waals surface area contributed by atoms with Gasteiger partial charge in [-0.05, 0) is 54.8 Å². The molecule has 8 nitrogen and oxygen atoms in total. The van der Waals surface area contributed by atoms with Crippen LogP contribution in [0.1, 0.15) is 18.4 Å². The standard InChI is InChI=1S/C19H23N3O5S2/c1-28(24,25)20-16-8-10-18(11-9-16)29(26,27)21-17-6-4-15(5-7-17)14-19(23)22-12-2-3-13-22/h4-11,20-21H,2-3,12-14H2,1H3. The number of anilines is 2. The van der Waals surface area contributed by atoms with Crippen LogP contribution in [0.15, 0.2) is 53.4 Å². The van der Waals surface area contributed by atoms with Crippen LogP contribution in [0.2, 0.25) is 0 Å². The largest absolute Gasteiger partial charge is 0.342 e. The molecule has 1 saturated heterocycles. The van der Waals surface area contributed by atoms with Gasteiger partial charge in [0, 0.05) is 24.5 Å². The van der Waals surface area contributed by atoms with E-state index in [2.05, 4.69) is 9.44 Å². The van der Waals surface area contributed by atoms with Gasteiger partial charge in [-0.25, -0.2) is 16.8 Å². The SMILES string of the molecule is CS(=O)(=O)Nc1ccc(S(=O)(=O)Nc2ccc(CC(=O)N3CCCC3)cc2)cc1. The van der Waals surface area contributed by atoms with Crippen LogP contribution in [0, 0.1) is 0 Å². The minimum Gasteiger partial charge on any atom is -0.342 e. The minimum atomic E-state index is -3.83. The Hall–Kier alpha value is -2.59. The van der Waals surface area contributed by atoms with Gasteiger partial charge in [-0.2, -0.15) is 0 Å². The van der Waals surface area contributed by atoms with Gasteiger partial charge < -0.3 is 4.90 Å². The molecule has 3 rings (SSSR count). The summed E-state index contributed by atoms with van der Waals surface area (Å²) in [5.41, 5.74) is 1.47. The van der Waals surface area contributed by atoms with E-state index in [1.165, 1.54) is 24.3 Å². The van der Waals surface area contributed by atoms with Crippen molar-refractivity contribution >= 4 is 37.3 Å². The fraction of sp³-hybridized carbons (Fsp3) is 0.316. The number of amides is 1. The average molecular weight is 438 g/mol. The third kappa shape index (κ3) is 5.94. The molecule has 1 fully saturated rings. The predicted octanol–water partition coefficient (Wildman–Crippen LogP) is 2.02. The lowest BCUT2D eigenvalue weighted by molar-refractivity contribution is -0.129. The van der Waals surface area contributed by atoms with E-state index in [0.29, 0.717) is 12.1 Å². The third-order valence-corrected chi connectivity index (χ3v) is 6.49. The van der Waals surface area contributed by atoms with Gasteiger partial charge in [-0.3, -0.25) is 14.2 Å². The van der Waals surface area contributed by atoms with Crippen molar-refractivity contribution in [1.29, 1.82) is 0 Å². The van der Waals surface area contributed by atoms with Crippen LogP contribution in [0.4, 0.5) is 11.4 Å². The number of rotatable bonds is 7. The molecule has 1 aliphatic heterocycles. The summed E-state index contributed by atoms with van der Waals surface area (Å²) in [7, 11) is -7.26. The highest BCUT2D eigenvalue weighted by Gasteiger charge is 2.18. The number of hydrogen-bond acceptors (Lipinski definition) is 5. The zero-order chi connectivity index (χ0) is 21.1. The zero-order valence-corrected chi connectivity index (χ0v) is 17.6. The highest BCUT2D eigenvalue weighted by molar-refractivity contribution is 7.92. The van der Waals surface area contributed by atoms with Crippen LogP contribution in [0.25, 0.3) is 0 Å². The van der Waals surface area contributed by atoms with Gasteiger partial charge in [0.2, 0.25) is 15.9 Å². The maximum atomic E-state index is 12.5. The Labute approximate surface area is 171 Å².